The Bertz CT molecular complexity index is 794. The van der Waals surface area contributed by atoms with E-state index in [1.54, 1.807) is 13.0 Å². The van der Waals surface area contributed by atoms with E-state index in [4.69, 9.17) is 9.47 Å². The number of amides is 1. The third-order valence-corrected chi connectivity index (χ3v) is 4.11. The molecule has 1 aromatic heterocycles. The maximum absolute atomic E-state index is 12.2. The maximum atomic E-state index is 12.2. The van der Waals surface area contributed by atoms with E-state index in [-0.39, 0.29) is 17.2 Å². The smallest absolute Gasteiger partial charge is 0.260 e. The van der Waals surface area contributed by atoms with Gasteiger partial charge in [-0.2, -0.15) is 0 Å². The number of aromatic nitrogens is 1. The zero-order valence-corrected chi connectivity index (χ0v) is 14.2. The van der Waals surface area contributed by atoms with E-state index in [0.29, 0.717) is 13.2 Å². The van der Waals surface area contributed by atoms with Crippen LogP contribution in [-0.4, -0.2) is 30.2 Å². The Morgan fingerprint density at radius 2 is 2.24 bits per heavy atom. The molecule has 132 valence electrons. The summed E-state index contributed by atoms with van der Waals surface area (Å²) in [4.78, 5) is 26.6. The Morgan fingerprint density at radius 3 is 3.00 bits per heavy atom. The van der Waals surface area contributed by atoms with Gasteiger partial charge in [-0.3, -0.25) is 9.59 Å². The van der Waals surface area contributed by atoms with Crippen molar-refractivity contribution < 1.29 is 14.3 Å². The van der Waals surface area contributed by atoms with Crippen molar-refractivity contribution in [1.82, 2.24) is 10.3 Å². The fourth-order valence-corrected chi connectivity index (χ4v) is 2.74. The quantitative estimate of drug-likeness (QED) is 0.843. The van der Waals surface area contributed by atoms with Crippen LogP contribution in [0.4, 0.5) is 0 Å². The van der Waals surface area contributed by atoms with E-state index >= 15 is 0 Å². The number of rotatable bonds is 6. The number of nitrogens with one attached hydrogen (secondary N) is 2. The minimum Gasteiger partial charge on any atom is -0.491 e. The minimum atomic E-state index is -0.396. The lowest BCUT2D eigenvalue weighted by atomic mass is 10.2. The summed E-state index contributed by atoms with van der Waals surface area (Å²) in [5.74, 6) is 0.349. The van der Waals surface area contributed by atoms with Crippen molar-refractivity contribution in [2.75, 3.05) is 13.2 Å². The zero-order chi connectivity index (χ0) is 17.6. The summed E-state index contributed by atoms with van der Waals surface area (Å²) in [5.41, 5.74) is 1.35. The standard InChI is InChI=1S/C19H22N2O4/c1-13-7-8-17(19(23)21-13)18(22)20-11-14-4-2-5-15(10-14)25-12-16-6-3-9-24-16/h2,4-5,7-8,10,16H,3,6,9,11-12H2,1H3,(H,20,22)(H,21,23)/t16-/m0/s1. The van der Waals surface area contributed by atoms with Crippen LogP contribution in [0, 0.1) is 6.92 Å². The van der Waals surface area contributed by atoms with Crippen molar-refractivity contribution in [2.45, 2.75) is 32.4 Å². The summed E-state index contributed by atoms with van der Waals surface area (Å²) in [7, 11) is 0. The summed E-state index contributed by atoms with van der Waals surface area (Å²) in [6, 6.07) is 10.8. The highest BCUT2D eigenvalue weighted by Gasteiger charge is 2.16. The molecule has 2 aromatic rings. The van der Waals surface area contributed by atoms with Crippen molar-refractivity contribution in [3.63, 3.8) is 0 Å². The lowest BCUT2D eigenvalue weighted by Gasteiger charge is -2.12. The lowest BCUT2D eigenvalue weighted by Crippen LogP contribution is -2.29. The van der Waals surface area contributed by atoms with Gasteiger partial charge in [0, 0.05) is 18.8 Å². The van der Waals surface area contributed by atoms with Crippen molar-refractivity contribution in [3.8, 4) is 5.75 Å². The first-order valence-electron chi connectivity index (χ1n) is 8.43. The van der Waals surface area contributed by atoms with E-state index in [1.807, 2.05) is 24.3 Å². The van der Waals surface area contributed by atoms with Gasteiger partial charge in [0.25, 0.3) is 11.5 Å². The third kappa shape index (κ3) is 4.70. The van der Waals surface area contributed by atoms with Gasteiger partial charge in [0.05, 0.1) is 6.10 Å². The first-order chi connectivity index (χ1) is 12.1. The predicted octanol–water partition coefficient (Wildman–Crippen LogP) is 2.17. The van der Waals surface area contributed by atoms with Crippen LogP contribution in [0.3, 0.4) is 0 Å². The molecular weight excluding hydrogens is 320 g/mol. The summed E-state index contributed by atoms with van der Waals surface area (Å²) in [6.45, 7) is 3.43. The Hall–Kier alpha value is -2.60. The molecule has 25 heavy (non-hydrogen) atoms. The van der Waals surface area contributed by atoms with Gasteiger partial charge in [-0.1, -0.05) is 12.1 Å². The van der Waals surface area contributed by atoms with Crippen molar-refractivity contribution in [3.05, 3.63) is 63.6 Å². The number of aromatic amines is 1. The molecule has 0 unspecified atom stereocenters. The summed E-state index contributed by atoms with van der Waals surface area (Å²) in [6.07, 6.45) is 2.27. The maximum Gasteiger partial charge on any atom is 0.260 e. The molecule has 2 heterocycles. The van der Waals surface area contributed by atoms with Gasteiger partial charge in [-0.25, -0.2) is 0 Å². The number of hydrogen-bond acceptors (Lipinski definition) is 4. The molecule has 2 N–H and O–H groups in total. The molecule has 0 bridgehead atoms. The summed E-state index contributed by atoms with van der Waals surface area (Å²) >= 11 is 0. The van der Waals surface area contributed by atoms with Crippen LogP contribution in [-0.2, 0) is 11.3 Å². The number of ether oxygens (including phenoxy) is 2. The molecule has 1 amide bonds. The molecule has 6 heteroatoms. The van der Waals surface area contributed by atoms with E-state index in [0.717, 1.165) is 36.5 Å². The molecule has 1 atom stereocenters. The lowest BCUT2D eigenvalue weighted by molar-refractivity contribution is 0.0679. The Kier molecular flexibility index (Phi) is 5.50. The second kappa shape index (κ2) is 7.98. The molecule has 6 nitrogen and oxygen atoms in total. The average Bonchev–Trinajstić information content (AvgIpc) is 3.12. The molecule has 1 aliphatic heterocycles. The molecule has 1 saturated heterocycles. The number of carbonyl (C=O) groups is 1. The molecular formula is C19H22N2O4. The minimum absolute atomic E-state index is 0.108. The predicted molar refractivity (Wildman–Crippen MR) is 93.9 cm³/mol. The van der Waals surface area contributed by atoms with Crippen molar-refractivity contribution in [2.24, 2.45) is 0 Å². The number of benzene rings is 1. The first kappa shape index (κ1) is 17.2. The number of aryl methyl sites for hydroxylation is 1. The molecule has 1 aromatic carbocycles. The van der Waals surface area contributed by atoms with Crippen LogP contribution in [0.25, 0.3) is 0 Å². The van der Waals surface area contributed by atoms with Crippen LogP contribution in [0.15, 0.2) is 41.2 Å². The summed E-state index contributed by atoms with van der Waals surface area (Å²) < 4.78 is 11.3. The van der Waals surface area contributed by atoms with Crippen LogP contribution in [0.5, 0.6) is 5.75 Å². The van der Waals surface area contributed by atoms with E-state index in [1.165, 1.54) is 6.07 Å². The van der Waals surface area contributed by atoms with Crippen LogP contribution in [0.1, 0.15) is 34.5 Å². The SMILES string of the molecule is Cc1ccc(C(=O)NCc2cccc(OC[C@@H]3CCCO3)c2)c(=O)[nH]1. The Balaban J connectivity index is 1.56. The zero-order valence-electron chi connectivity index (χ0n) is 14.2. The molecule has 0 radical (unpaired) electrons. The Morgan fingerprint density at radius 1 is 1.36 bits per heavy atom. The number of carbonyl (C=O) groups excluding carboxylic acids is 1. The van der Waals surface area contributed by atoms with Crippen LogP contribution in [0.2, 0.25) is 0 Å². The van der Waals surface area contributed by atoms with Gasteiger partial charge in [-0.05, 0) is 49.6 Å². The first-order valence-corrected chi connectivity index (χ1v) is 8.43. The van der Waals surface area contributed by atoms with Crippen LogP contribution < -0.4 is 15.6 Å². The van der Waals surface area contributed by atoms with Crippen molar-refractivity contribution >= 4 is 5.91 Å². The fourth-order valence-electron chi connectivity index (χ4n) is 2.74. The van der Waals surface area contributed by atoms with Gasteiger partial charge in [0.15, 0.2) is 0 Å². The average molecular weight is 342 g/mol. The van der Waals surface area contributed by atoms with Gasteiger partial charge < -0.3 is 19.8 Å². The van der Waals surface area contributed by atoms with Gasteiger partial charge in [-0.15, -0.1) is 0 Å². The van der Waals surface area contributed by atoms with Gasteiger partial charge >= 0.3 is 0 Å². The molecule has 1 fully saturated rings. The number of hydrogen-bond donors (Lipinski definition) is 2. The number of H-pyrrole nitrogens is 1. The molecule has 0 aliphatic carbocycles. The fraction of sp³-hybridized carbons (Fsp3) is 0.368. The van der Waals surface area contributed by atoms with E-state index < -0.39 is 5.91 Å². The molecule has 0 saturated carbocycles. The van der Waals surface area contributed by atoms with Gasteiger partial charge in [0.1, 0.15) is 17.9 Å². The molecule has 1 aliphatic rings. The Labute approximate surface area is 146 Å². The van der Waals surface area contributed by atoms with E-state index in [9.17, 15) is 9.59 Å². The summed E-state index contributed by atoms with van der Waals surface area (Å²) in [5, 5.41) is 2.76. The largest absolute Gasteiger partial charge is 0.491 e. The van der Waals surface area contributed by atoms with E-state index in [2.05, 4.69) is 10.3 Å². The second-order valence-electron chi connectivity index (χ2n) is 6.16. The monoisotopic (exact) mass is 342 g/mol. The molecule has 0 spiro atoms. The normalized spacial score (nSPS) is 16.6. The second-order valence-corrected chi connectivity index (χ2v) is 6.16. The van der Waals surface area contributed by atoms with Gasteiger partial charge in [0.2, 0.25) is 0 Å². The highest BCUT2D eigenvalue weighted by molar-refractivity contribution is 5.93. The van der Waals surface area contributed by atoms with Crippen LogP contribution >= 0.6 is 0 Å². The highest BCUT2D eigenvalue weighted by atomic mass is 16.5. The highest BCUT2D eigenvalue weighted by Crippen LogP contribution is 2.17. The number of pyridine rings is 1. The molecule has 3 rings (SSSR count). The topological polar surface area (TPSA) is 80.4 Å². The van der Waals surface area contributed by atoms with Crippen molar-refractivity contribution in [1.29, 1.82) is 0 Å². The third-order valence-electron chi connectivity index (χ3n) is 4.11.